The Morgan fingerprint density at radius 2 is 1.86 bits per heavy atom. The summed E-state index contributed by atoms with van der Waals surface area (Å²) in [5.41, 5.74) is 2.66. The Balaban J connectivity index is 0.00000242. The summed E-state index contributed by atoms with van der Waals surface area (Å²) in [6.45, 7) is 7.07. The SMILES string of the molecule is Cc1ccc(C)c(C(=O)N(C)CC(=O)N2CCNCC2)c1.Cl. The smallest absolute Gasteiger partial charge is 0.254 e. The van der Waals surface area contributed by atoms with E-state index in [9.17, 15) is 9.59 Å². The molecule has 1 N–H and O–H groups in total. The molecule has 1 fully saturated rings. The van der Waals surface area contributed by atoms with Crippen molar-refractivity contribution >= 4 is 24.2 Å². The standard InChI is InChI=1S/C16H23N3O2.ClH/c1-12-4-5-13(2)14(10-12)16(21)18(3)11-15(20)19-8-6-17-7-9-19;/h4-5,10,17H,6-9,11H2,1-3H3;1H. The first kappa shape index (κ1) is 18.5. The van der Waals surface area contributed by atoms with Crippen LogP contribution in [0.5, 0.6) is 0 Å². The topological polar surface area (TPSA) is 52.7 Å². The van der Waals surface area contributed by atoms with E-state index in [4.69, 9.17) is 0 Å². The number of hydrogen-bond donors (Lipinski definition) is 1. The van der Waals surface area contributed by atoms with Crippen molar-refractivity contribution in [3.8, 4) is 0 Å². The first-order valence-electron chi connectivity index (χ1n) is 7.30. The van der Waals surface area contributed by atoms with Gasteiger partial charge in [-0.25, -0.2) is 0 Å². The second-order valence-electron chi connectivity index (χ2n) is 5.61. The molecule has 1 heterocycles. The summed E-state index contributed by atoms with van der Waals surface area (Å²) in [5, 5.41) is 3.21. The first-order chi connectivity index (χ1) is 9.99. The number of nitrogens with one attached hydrogen (secondary N) is 1. The van der Waals surface area contributed by atoms with Crippen LogP contribution in [-0.4, -0.2) is 61.4 Å². The average molecular weight is 326 g/mol. The van der Waals surface area contributed by atoms with E-state index in [1.807, 2.05) is 36.9 Å². The molecule has 1 aromatic rings. The molecule has 1 saturated heterocycles. The predicted molar refractivity (Wildman–Crippen MR) is 89.6 cm³/mol. The fraction of sp³-hybridized carbons (Fsp3) is 0.500. The Morgan fingerprint density at radius 1 is 1.23 bits per heavy atom. The second kappa shape index (κ2) is 8.15. The highest BCUT2D eigenvalue weighted by molar-refractivity contribution is 5.97. The molecule has 1 aromatic carbocycles. The number of benzene rings is 1. The van der Waals surface area contributed by atoms with E-state index < -0.39 is 0 Å². The number of hydrogen-bond acceptors (Lipinski definition) is 3. The van der Waals surface area contributed by atoms with E-state index in [-0.39, 0.29) is 30.8 Å². The number of halogens is 1. The minimum absolute atomic E-state index is 0. The largest absolute Gasteiger partial charge is 0.339 e. The van der Waals surface area contributed by atoms with Crippen LogP contribution in [0, 0.1) is 13.8 Å². The lowest BCUT2D eigenvalue weighted by Crippen LogP contribution is -2.49. The summed E-state index contributed by atoms with van der Waals surface area (Å²) in [7, 11) is 1.68. The molecule has 0 unspecified atom stereocenters. The minimum atomic E-state index is -0.0975. The summed E-state index contributed by atoms with van der Waals surface area (Å²) in [6.07, 6.45) is 0. The van der Waals surface area contributed by atoms with E-state index in [0.717, 1.165) is 24.2 Å². The van der Waals surface area contributed by atoms with Crippen LogP contribution in [0.3, 0.4) is 0 Å². The molecule has 0 atom stereocenters. The Labute approximate surface area is 138 Å². The van der Waals surface area contributed by atoms with E-state index in [2.05, 4.69) is 5.32 Å². The molecule has 22 heavy (non-hydrogen) atoms. The van der Waals surface area contributed by atoms with Crippen molar-refractivity contribution in [2.45, 2.75) is 13.8 Å². The highest BCUT2D eigenvalue weighted by Gasteiger charge is 2.21. The summed E-state index contributed by atoms with van der Waals surface area (Å²) in [4.78, 5) is 28.0. The number of aryl methyl sites for hydroxylation is 2. The van der Waals surface area contributed by atoms with E-state index in [0.29, 0.717) is 18.7 Å². The molecule has 6 heteroatoms. The van der Waals surface area contributed by atoms with Crippen molar-refractivity contribution in [2.75, 3.05) is 39.8 Å². The van der Waals surface area contributed by atoms with Crippen LogP contribution in [0.1, 0.15) is 21.5 Å². The van der Waals surface area contributed by atoms with E-state index >= 15 is 0 Å². The van der Waals surface area contributed by atoms with Crippen LogP contribution in [0.15, 0.2) is 18.2 Å². The van der Waals surface area contributed by atoms with Gasteiger partial charge >= 0.3 is 0 Å². The van der Waals surface area contributed by atoms with Crippen LogP contribution < -0.4 is 5.32 Å². The highest BCUT2D eigenvalue weighted by Crippen LogP contribution is 2.13. The van der Waals surface area contributed by atoms with Gasteiger partial charge in [0.25, 0.3) is 5.91 Å². The van der Waals surface area contributed by atoms with Gasteiger partial charge in [-0.15, -0.1) is 12.4 Å². The van der Waals surface area contributed by atoms with Gasteiger partial charge in [0, 0.05) is 38.8 Å². The van der Waals surface area contributed by atoms with Gasteiger partial charge in [0.15, 0.2) is 0 Å². The third-order valence-corrected chi connectivity index (χ3v) is 3.81. The van der Waals surface area contributed by atoms with Crippen LogP contribution in [0.25, 0.3) is 0 Å². The fourth-order valence-corrected chi connectivity index (χ4v) is 2.46. The zero-order valence-corrected chi connectivity index (χ0v) is 14.2. The first-order valence-corrected chi connectivity index (χ1v) is 7.30. The molecule has 1 aliphatic heterocycles. The zero-order chi connectivity index (χ0) is 15.4. The zero-order valence-electron chi connectivity index (χ0n) is 13.4. The van der Waals surface area contributed by atoms with Gasteiger partial charge in [-0.2, -0.15) is 0 Å². The van der Waals surface area contributed by atoms with Crippen LogP contribution >= 0.6 is 12.4 Å². The van der Waals surface area contributed by atoms with Crippen LogP contribution in [-0.2, 0) is 4.79 Å². The summed E-state index contributed by atoms with van der Waals surface area (Å²) in [5.74, 6) is -0.0858. The Kier molecular flexibility index (Phi) is 6.84. The molecule has 1 aliphatic rings. The molecule has 122 valence electrons. The summed E-state index contributed by atoms with van der Waals surface area (Å²) >= 11 is 0. The van der Waals surface area contributed by atoms with Gasteiger partial charge in [0.1, 0.15) is 0 Å². The van der Waals surface area contributed by atoms with Gasteiger partial charge in [-0.3, -0.25) is 9.59 Å². The summed E-state index contributed by atoms with van der Waals surface area (Å²) in [6, 6.07) is 5.80. The van der Waals surface area contributed by atoms with Crippen molar-refractivity contribution in [2.24, 2.45) is 0 Å². The molecule has 0 spiro atoms. The molecule has 0 radical (unpaired) electrons. The average Bonchev–Trinajstić information content (AvgIpc) is 2.49. The normalized spacial score (nSPS) is 14.2. The Morgan fingerprint density at radius 3 is 2.50 bits per heavy atom. The van der Waals surface area contributed by atoms with Crippen LogP contribution in [0.2, 0.25) is 0 Å². The van der Waals surface area contributed by atoms with Gasteiger partial charge in [0.05, 0.1) is 6.54 Å². The Hall–Kier alpha value is -1.59. The summed E-state index contributed by atoms with van der Waals surface area (Å²) < 4.78 is 0. The number of rotatable bonds is 3. The molecule has 0 bridgehead atoms. The lowest BCUT2D eigenvalue weighted by Gasteiger charge is -2.29. The monoisotopic (exact) mass is 325 g/mol. The van der Waals surface area contributed by atoms with Gasteiger partial charge in [-0.05, 0) is 25.5 Å². The number of carbonyl (C=O) groups is 2. The second-order valence-corrected chi connectivity index (χ2v) is 5.61. The van der Waals surface area contributed by atoms with Crippen molar-refractivity contribution in [1.29, 1.82) is 0 Å². The van der Waals surface area contributed by atoms with Crippen molar-refractivity contribution in [1.82, 2.24) is 15.1 Å². The van der Waals surface area contributed by atoms with Gasteiger partial charge in [-0.1, -0.05) is 17.7 Å². The number of amides is 2. The van der Waals surface area contributed by atoms with Crippen molar-refractivity contribution in [3.05, 3.63) is 34.9 Å². The maximum Gasteiger partial charge on any atom is 0.254 e. The van der Waals surface area contributed by atoms with Crippen LogP contribution in [0.4, 0.5) is 0 Å². The van der Waals surface area contributed by atoms with Gasteiger partial charge in [0.2, 0.25) is 5.91 Å². The fourth-order valence-electron chi connectivity index (χ4n) is 2.46. The highest BCUT2D eigenvalue weighted by atomic mass is 35.5. The maximum atomic E-state index is 12.5. The van der Waals surface area contributed by atoms with Gasteiger partial charge < -0.3 is 15.1 Å². The van der Waals surface area contributed by atoms with E-state index in [1.165, 1.54) is 4.90 Å². The molecular weight excluding hydrogens is 302 g/mol. The number of carbonyl (C=O) groups excluding carboxylic acids is 2. The van der Waals surface area contributed by atoms with Crippen molar-refractivity contribution in [3.63, 3.8) is 0 Å². The van der Waals surface area contributed by atoms with E-state index in [1.54, 1.807) is 7.05 Å². The number of piperazine rings is 1. The maximum absolute atomic E-state index is 12.5. The molecule has 5 nitrogen and oxygen atoms in total. The predicted octanol–water partition coefficient (Wildman–Crippen LogP) is 1.23. The molecular formula is C16H24ClN3O2. The molecule has 0 aliphatic carbocycles. The molecule has 0 saturated carbocycles. The van der Waals surface area contributed by atoms with Crippen molar-refractivity contribution < 1.29 is 9.59 Å². The third kappa shape index (κ3) is 4.45. The number of likely N-dealkylation sites (N-methyl/N-ethyl adjacent to an activating group) is 1. The Bertz CT molecular complexity index is 542. The number of nitrogens with zero attached hydrogens (tertiary/aromatic N) is 2. The minimum Gasteiger partial charge on any atom is -0.339 e. The lowest BCUT2D eigenvalue weighted by atomic mass is 10.0. The lowest BCUT2D eigenvalue weighted by molar-refractivity contribution is -0.132. The molecule has 2 rings (SSSR count). The quantitative estimate of drug-likeness (QED) is 0.909. The molecule has 2 amide bonds. The molecule has 0 aromatic heterocycles. The third-order valence-electron chi connectivity index (χ3n) is 3.81.